The fraction of sp³-hybridized carbons (Fsp3) is 0.478. The summed E-state index contributed by atoms with van der Waals surface area (Å²) < 4.78 is 25.0. The van der Waals surface area contributed by atoms with E-state index in [1.54, 1.807) is 27.0 Å². The van der Waals surface area contributed by atoms with Gasteiger partial charge in [0.25, 0.3) is 0 Å². The zero-order valence-corrected chi connectivity index (χ0v) is 19.2. The molecule has 1 aromatic heterocycles. The molecule has 0 amide bonds. The van der Waals surface area contributed by atoms with Crippen molar-refractivity contribution in [1.29, 1.82) is 0 Å². The zero-order valence-electron chi connectivity index (χ0n) is 18.4. The molecule has 1 aliphatic carbocycles. The third-order valence-electron chi connectivity index (χ3n) is 6.57. The molecule has 2 heterocycles. The number of aryl methyl sites for hydroxylation is 3. The maximum Gasteiger partial charge on any atom is 0.187 e. The summed E-state index contributed by atoms with van der Waals surface area (Å²) in [6.07, 6.45) is 4.08. The molecule has 1 atom stereocenters. The summed E-state index contributed by atoms with van der Waals surface area (Å²) in [5, 5.41) is 0. The summed E-state index contributed by atoms with van der Waals surface area (Å²) in [5.74, 6) is -0.0328. The van der Waals surface area contributed by atoms with Gasteiger partial charge >= 0.3 is 0 Å². The van der Waals surface area contributed by atoms with Crippen molar-refractivity contribution >= 4 is 21.5 Å². The smallest absolute Gasteiger partial charge is 0.187 e. The first-order valence-electron chi connectivity index (χ1n) is 10.5. The maximum atomic E-state index is 13.1. The van der Waals surface area contributed by atoms with E-state index < -0.39 is 20.1 Å². The highest BCUT2D eigenvalue weighted by Gasteiger charge is 2.51. The standard InChI is InChI=1S/C23H28N4O3S/c1-14-12-25-20(15(2)26-14)19(28)11-16-7-8-17-6-5-9-23(18(17)10-16)13-31(29,30)22(3,4)21(24)27-23/h7-8,10,12H,5-6,9,11,13H2,1-4H3,(H2,24,27)/t23-/m0/s1. The van der Waals surface area contributed by atoms with Gasteiger partial charge in [0, 0.05) is 12.6 Å². The van der Waals surface area contributed by atoms with E-state index >= 15 is 0 Å². The maximum absolute atomic E-state index is 13.1. The van der Waals surface area contributed by atoms with E-state index in [9.17, 15) is 13.2 Å². The fourth-order valence-corrected chi connectivity index (χ4v) is 6.27. The van der Waals surface area contributed by atoms with Gasteiger partial charge in [0.15, 0.2) is 15.6 Å². The molecule has 1 aromatic carbocycles. The van der Waals surface area contributed by atoms with Crippen LogP contribution in [-0.2, 0) is 28.2 Å². The predicted octanol–water partition coefficient (Wildman–Crippen LogP) is 2.61. The number of fused-ring (bicyclic) bond motifs is 2. The molecule has 0 saturated carbocycles. The number of benzene rings is 1. The Morgan fingerprint density at radius 1 is 1.23 bits per heavy atom. The lowest BCUT2D eigenvalue weighted by Crippen LogP contribution is -2.56. The first kappa shape index (κ1) is 21.6. The van der Waals surface area contributed by atoms with Gasteiger partial charge in [-0.2, -0.15) is 0 Å². The van der Waals surface area contributed by atoms with E-state index in [1.165, 1.54) is 0 Å². The number of hydrogen-bond acceptors (Lipinski definition) is 7. The van der Waals surface area contributed by atoms with Gasteiger partial charge < -0.3 is 5.73 Å². The van der Waals surface area contributed by atoms with Crippen LogP contribution in [0.4, 0.5) is 0 Å². The molecule has 0 radical (unpaired) electrons. The highest BCUT2D eigenvalue weighted by molar-refractivity contribution is 7.93. The Morgan fingerprint density at radius 3 is 2.65 bits per heavy atom. The lowest BCUT2D eigenvalue weighted by Gasteiger charge is -2.43. The van der Waals surface area contributed by atoms with Crippen molar-refractivity contribution in [2.75, 3.05) is 5.75 Å². The molecule has 31 heavy (non-hydrogen) atoms. The highest BCUT2D eigenvalue weighted by atomic mass is 32.2. The summed E-state index contributed by atoms with van der Waals surface area (Å²) in [4.78, 5) is 26.2. The molecule has 4 rings (SSSR count). The highest BCUT2D eigenvalue weighted by Crippen LogP contribution is 2.44. The van der Waals surface area contributed by atoms with Crippen LogP contribution in [0.25, 0.3) is 0 Å². The molecule has 2 N–H and O–H groups in total. The number of sulfone groups is 1. The van der Waals surface area contributed by atoms with Crippen LogP contribution in [0.15, 0.2) is 29.4 Å². The largest absolute Gasteiger partial charge is 0.386 e. The minimum absolute atomic E-state index is 0.0688. The Bertz CT molecular complexity index is 1220. The quantitative estimate of drug-likeness (QED) is 0.734. The second-order valence-corrected chi connectivity index (χ2v) is 11.7. The van der Waals surface area contributed by atoms with E-state index in [-0.39, 0.29) is 23.8 Å². The number of ketones is 1. The third-order valence-corrected chi connectivity index (χ3v) is 9.19. The molecule has 1 spiro atoms. The number of aliphatic imine (C=N–C) groups is 1. The van der Waals surface area contributed by atoms with Crippen LogP contribution in [0.2, 0.25) is 0 Å². The minimum Gasteiger partial charge on any atom is -0.386 e. The molecule has 0 unspecified atom stereocenters. The van der Waals surface area contributed by atoms with Crippen LogP contribution in [0.3, 0.4) is 0 Å². The van der Waals surface area contributed by atoms with Crippen molar-refractivity contribution in [2.24, 2.45) is 10.7 Å². The van der Waals surface area contributed by atoms with E-state index in [1.807, 2.05) is 25.1 Å². The van der Waals surface area contributed by atoms with Crippen molar-refractivity contribution in [3.63, 3.8) is 0 Å². The van der Waals surface area contributed by atoms with E-state index in [2.05, 4.69) is 9.97 Å². The summed E-state index contributed by atoms with van der Waals surface area (Å²) >= 11 is 0. The van der Waals surface area contributed by atoms with Crippen molar-refractivity contribution in [2.45, 2.75) is 63.7 Å². The Morgan fingerprint density at radius 2 is 1.97 bits per heavy atom. The zero-order chi connectivity index (χ0) is 22.6. The average Bonchev–Trinajstić information content (AvgIpc) is 2.67. The van der Waals surface area contributed by atoms with E-state index in [0.29, 0.717) is 17.8 Å². The average molecular weight is 441 g/mol. The number of carbonyl (C=O) groups excluding carboxylic acids is 1. The topological polar surface area (TPSA) is 115 Å². The number of carbonyl (C=O) groups is 1. The first-order valence-corrected chi connectivity index (χ1v) is 12.1. The van der Waals surface area contributed by atoms with Crippen molar-refractivity contribution in [1.82, 2.24) is 9.97 Å². The monoisotopic (exact) mass is 440 g/mol. The second-order valence-electron chi connectivity index (χ2n) is 9.19. The molecule has 0 bridgehead atoms. The molecule has 2 aromatic rings. The van der Waals surface area contributed by atoms with Crippen molar-refractivity contribution in [3.8, 4) is 0 Å². The summed E-state index contributed by atoms with van der Waals surface area (Å²) in [5.41, 5.74) is 9.78. The van der Waals surface area contributed by atoms with Gasteiger partial charge in [0.1, 0.15) is 21.8 Å². The van der Waals surface area contributed by atoms with Gasteiger partial charge in [-0.1, -0.05) is 18.2 Å². The molecule has 0 saturated heterocycles. The van der Waals surface area contributed by atoms with Crippen LogP contribution in [0.1, 0.15) is 65.3 Å². The SMILES string of the molecule is Cc1cnc(C(=O)Cc2ccc3c(c2)[C@]2(CCC3)CS(=O)(=O)C(C)(C)C(N)=N2)c(C)n1. The van der Waals surface area contributed by atoms with Crippen LogP contribution in [0.5, 0.6) is 0 Å². The molecule has 7 nitrogen and oxygen atoms in total. The summed E-state index contributed by atoms with van der Waals surface area (Å²) in [6.45, 7) is 6.83. The predicted molar refractivity (Wildman–Crippen MR) is 120 cm³/mol. The van der Waals surface area contributed by atoms with Gasteiger partial charge in [0.05, 0.1) is 17.1 Å². The van der Waals surface area contributed by atoms with Gasteiger partial charge in [-0.15, -0.1) is 0 Å². The number of rotatable bonds is 3. The Balaban J connectivity index is 1.74. The number of nitrogens with zero attached hydrogens (tertiary/aromatic N) is 3. The Hall–Kier alpha value is -2.61. The molecule has 2 aliphatic rings. The Kier molecular flexibility index (Phi) is 5.04. The molecule has 0 fully saturated rings. The second kappa shape index (κ2) is 7.22. The lowest BCUT2D eigenvalue weighted by molar-refractivity contribution is 0.0987. The molecule has 164 valence electrons. The third kappa shape index (κ3) is 3.56. The van der Waals surface area contributed by atoms with Crippen LogP contribution in [0, 0.1) is 13.8 Å². The van der Waals surface area contributed by atoms with E-state index in [4.69, 9.17) is 10.7 Å². The number of Topliss-reactive ketones (excluding diaryl/α,β-unsaturated/α-hetero) is 1. The Labute approximate surface area is 183 Å². The minimum atomic E-state index is -3.49. The van der Waals surface area contributed by atoms with Crippen LogP contribution in [-0.4, -0.2) is 40.5 Å². The number of amidine groups is 1. The number of nitrogens with two attached hydrogens (primary N) is 1. The van der Waals surface area contributed by atoms with Gasteiger partial charge in [-0.3, -0.25) is 14.8 Å². The van der Waals surface area contributed by atoms with E-state index in [0.717, 1.165) is 35.2 Å². The van der Waals surface area contributed by atoms with Gasteiger partial charge in [-0.05, 0) is 63.6 Å². The van der Waals surface area contributed by atoms with Gasteiger partial charge in [-0.25, -0.2) is 13.4 Å². The molecular formula is C23H28N4O3S. The van der Waals surface area contributed by atoms with Crippen molar-refractivity contribution < 1.29 is 13.2 Å². The normalized spacial score (nSPS) is 23.8. The fourth-order valence-electron chi connectivity index (χ4n) is 4.55. The van der Waals surface area contributed by atoms with Crippen LogP contribution < -0.4 is 5.73 Å². The van der Waals surface area contributed by atoms with Crippen LogP contribution >= 0.6 is 0 Å². The molecular weight excluding hydrogens is 412 g/mol. The number of hydrogen-bond donors (Lipinski definition) is 1. The van der Waals surface area contributed by atoms with Gasteiger partial charge in [0.2, 0.25) is 0 Å². The first-order chi connectivity index (χ1) is 14.4. The van der Waals surface area contributed by atoms with Crippen molar-refractivity contribution in [3.05, 3.63) is 58.2 Å². The summed E-state index contributed by atoms with van der Waals surface area (Å²) in [7, 11) is -3.49. The lowest BCUT2D eigenvalue weighted by atomic mass is 9.76. The number of aromatic nitrogens is 2. The molecule has 8 heteroatoms. The summed E-state index contributed by atoms with van der Waals surface area (Å²) in [6, 6.07) is 5.86. The molecule has 1 aliphatic heterocycles.